The van der Waals surface area contributed by atoms with Gasteiger partial charge in [-0.05, 0) is 131 Å². The van der Waals surface area contributed by atoms with Crippen molar-refractivity contribution in [1.82, 2.24) is 35.1 Å². The van der Waals surface area contributed by atoms with Crippen LogP contribution in [0.2, 0.25) is 0 Å². The molecule has 244 valence electrons. The van der Waals surface area contributed by atoms with Crippen LogP contribution in [0.4, 0.5) is 0 Å². The Balaban J connectivity index is 0.000000182. The van der Waals surface area contributed by atoms with E-state index < -0.39 is 0 Å². The number of fused-ring (bicyclic) bond motifs is 1. The summed E-state index contributed by atoms with van der Waals surface area (Å²) in [6.45, 7) is 23.8. The summed E-state index contributed by atoms with van der Waals surface area (Å²) in [5.74, 6) is 1.95. The van der Waals surface area contributed by atoms with Gasteiger partial charge in [-0.25, -0.2) is 0 Å². The van der Waals surface area contributed by atoms with Gasteiger partial charge in [-0.1, -0.05) is 20.3 Å². The van der Waals surface area contributed by atoms with Gasteiger partial charge in [0.25, 0.3) is 0 Å². The van der Waals surface area contributed by atoms with Crippen molar-refractivity contribution >= 4 is 0 Å². The Morgan fingerprint density at radius 1 is 0.488 bits per heavy atom. The number of morpholine rings is 1. The van der Waals surface area contributed by atoms with Crippen LogP contribution in [-0.2, 0) is 4.74 Å². The molecular formula is C33H71N7O. The summed E-state index contributed by atoms with van der Waals surface area (Å²) in [5, 5.41) is 6.65. The van der Waals surface area contributed by atoms with Crippen LogP contribution in [0, 0.1) is 11.8 Å². The second-order valence-corrected chi connectivity index (χ2v) is 13.7. The molecule has 0 aromatic rings. The van der Waals surface area contributed by atoms with Crippen molar-refractivity contribution < 1.29 is 4.74 Å². The predicted molar refractivity (Wildman–Crippen MR) is 177 cm³/mol. The van der Waals surface area contributed by atoms with E-state index in [2.05, 4.69) is 77.2 Å². The quantitative estimate of drug-likeness (QED) is 0.453. The lowest BCUT2D eigenvalue weighted by atomic mass is 10.00. The molecule has 6 fully saturated rings. The number of nitrogens with zero attached hydrogens (tertiary/aromatic N) is 5. The first-order valence-corrected chi connectivity index (χ1v) is 17.3. The number of piperazine rings is 1. The molecule has 0 bridgehead atoms. The average Bonchev–Trinajstić information content (AvgIpc) is 3.24. The van der Waals surface area contributed by atoms with E-state index in [4.69, 9.17) is 4.74 Å². The smallest absolute Gasteiger partial charge is 0.0594 e. The van der Waals surface area contributed by atoms with Crippen LogP contribution < -0.4 is 10.6 Å². The minimum absolute atomic E-state index is 0.891. The molecule has 6 saturated heterocycles. The molecule has 0 aromatic heterocycles. The first kappa shape index (κ1) is 36.9. The Morgan fingerprint density at radius 3 is 1.68 bits per heavy atom. The molecule has 41 heavy (non-hydrogen) atoms. The van der Waals surface area contributed by atoms with Gasteiger partial charge in [-0.15, -0.1) is 0 Å². The lowest BCUT2D eigenvalue weighted by Crippen LogP contribution is -2.53. The third kappa shape index (κ3) is 18.8. The fourth-order valence-corrected chi connectivity index (χ4v) is 6.05. The summed E-state index contributed by atoms with van der Waals surface area (Å²) >= 11 is 0. The number of piperidine rings is 3. The number of likely N-dealkylation sites (N-methyl/N-ethyl adjacent to an activating group) is 3. The normalized spacial score (nSPS) is 28.1. The Labute approximate surface area is 255 Å². The molecule has 0 aliphatic carbocycles. The third-order valence-corrected chi connectivity index (χ3v) is 9.47. The summed E-state index contributed by atoms with van der Waals surface area (Å²) in [4.78, 5) is 12.2. The van der Waals surface area contributed by atoms with E-state index in [1.165, 1.54) is 123 Å². The molecule has 6 aliphatic heterocycles. The molecular weight excluding hydrogens is 510 g/mol. The van der Waals surface area contributed by atoms with Crippen LogP contribution in [0.25, 0.3) is 0 Å². The molecule has 0 radical (unpaired) electrons. The highest BCUT2D eigenvalue weighted by atomic mass is 16.5. The van der Waals surface area contributed by atoms with Gasteiger partial charge >= 0.3 is 0 Å². The SMILES string of the molecule is CC1CCN(C)CC1.CC1CCNCC1.CN1CCCNCC1.CN1CCN2CCCCC2C1.CN1CCOCC1. The largest absolute Gasteiger partial charge is 0.379 e. The van der Waals surface area contributed by atoms with E-state index in [1.807, 2.05) is 0 Å². The number of ether oxygens (including phenoxy) is 1. The molecule has 2 N–H and O–H groups in total. The molecule has 6 aliphatic rings. The van der Waals surface area contributed by atoms with Crippen LogP contribution in [0.3, 0.4) is 0 Å². The lowest BCUT2D eigenvalue weighted by molar-refractivity contribution is 0.0503. The fraction of sp³-hybridized carbons (Fsp3) is 1.00. The minimum atomic E-state index is 0.891. The van der Waals surface area contributed by atoms with Gasteiger partial charge in [0, 0.05) is 51.9 Å². The number of rotatable bonds is 0. The zero-order chi connectivity index (χ0) is 29.7. The van der Waals surface area contributed by atoms with Crippen molar-refractivity contribution in [3.8, 4) is 0 Å². The Morgan fingerprint density at radius 2 is 1.10 bits per heavy atom. The molecule has 0 amide bonds. The maximum absolute atomic E-state index is 5.10. The van der Waals surface area contributed by atoms with Crippen molar-refractivity contribution in [2.24, 2.45) is 11.8 Å². The van der Waals surface area contributed by atoms with E-state index >= 15 is 0 Å². The van der Waals surface area contributed by atoms with Crippen LogP contribution >= 0.6 is 0 Å². The maximum Gasteiger partial charge on any atom is 0.0594 e. The highest BCUT2D eigenvalue weighted by Crippen LogP contribution is 2.20. The summed E-state index contributed by atoms with van der Waals surface area (Å²) < 4.78 is 5.10. The molecule has 1 unspecified atom stereocenters. The second-order valence-electron chi connectivity index (χ2n) is 13.7. The summed E-state index contributed by atoms with van der Waals surface area (Å²) in [5.41, 5.74) is 0. The first-order valence-electron chi connectivity index (χ1n) is 17.3. The zero-order valence-electron chi connectivity index (χ0n) is 28.3. The molecule has 8 heteroatoms. The third-order valence-electron chi connectivity index (χ3n) is 9.47. The highest BCUT2D eigenvalue weighted by Gasteiger charge is 2.26. The Kier molecular flexibility index (Phi) is 20.8. The Bertz CT molecular complexity index is 558. The molecule has 6 heterocycles. The van der Waals surface area contributed by atoms with Gasteiger partial charge in [0.1, 0.15) is 0 Å². The number of nitrogens with one attached hydrogen (secondary N) is 2. The summed E-state index contributed by atoms with van der Waals surface area (Å²) in [6.07, 6.45) is 11.2. The lowest BCUT2D eigenvalue weighted by Gasteiger charge is -2.42. The van der Waals surface area contributed by atoms with E-state index in [0.29, 0.717) is 0 Å². The van der Waals surface area contributed by atoms with E-state index in [1.54, 1.807) is 0 Å². The van der Waals surface area contributed by atoms with Gasteiger partial charge in [0.15, 0.2) is 0 Å². The average molecular weight is 582 g/mol. The molecule has 0 saturated carbocycles. The topological polar surface area (TPSA) is 49.5 Å². The number of hydrogen-bond donors (Lipinski definition) is 2. The number of likely N-dealkylation sites (tertiary alicyclic amines) is 1. The molecule has 8 nitrogen and oxygen atoms in total. The molecule has 0 spiro atoms. The monoisotopic (exact) mass is 582 g/mol. The fourth-order valence-electron chi connectivity index (χ4n) is 6.05. The van der Waals surface area contributed by atoms with Crippen molar-refractivity contribution in [2.75, 3.05) is 133 Å². The van der Waals surface area contributed by atoms with Gasteiger partial charge in [0.2, 0.25) is 0 Å². The predicted octanol–water partition coefficient (Wildman–Crippen LogP) is 3.00. The summed E-state index contributed by atoms with van der Waals surface area (Å²) in [7, 11) is 8.73. The van der Waals surface area contributed by atoms with E-state index in [-0.39, 0.29) is 0 Å². The molecule has 1 atom stereocenters. The maximum atomic E-state index is 5.10. The number of hydrogen-bond acceptors (Lipinski definition) is 8. The van der Waals surface area contributed by atoms with Crippen LogP contribution in [0.15, 0.2) is 0 Å². The Hall–Kier alpha value is -0.320. The van der Waals surface area contributed by atoms with Gasteiger partial charge < -0.3 is 35.0 Å². The second kappa shape index (κ2) is 23.1. The standard InChI is InChI=1S/C9H18N2.C7H15N.C6H14N2.C6H13N.C5H11NO/c1-10-6-7-11-5-3-2-4-9(11)8-10;1-7-3-5-8(2)6-4-7;1-8-5-2-3-7-4-6-8;2*1-6-2-4-7-5-3-6/h9H,2-8H2,1H3;7H,3-6H2,1-2H3;7H,2-6H2,1H3;6-7H,2-5H2,1H3;2-5H2,1H3. The van der Waals surface area contributed by atoms with Crippen molar-refractivity contribution in [3.05, 3.63) is 0 Å². The summed E-state index contributed by atoms with van der Waals surface area (Å²) in [6, 6.07) is 0.891. The first-order chi connectivity index (χ1) is 19.8. The van der Waals surface area contributed by atoms with Crippen molar-refractivity contribution in [3.63, 3.8) is 0 Å². The van der Waals surface area contributed by atoms with Crippen molar-refractivity contribution in [1.29, 1.82) is 0 Å². The molecule has 0 aromatic carbocycles. The van der Waals surface area contributed by atoms with Gasteiger partial charge in [-0.3, -0.25) is 4.90 Å². The molecule has 6 rings (SSSR count). The van der Waals surface area contributed by atoms with E-state index in [0.717, 1.165) is 50.7 Å². The van der Waals surface area contributed by atoms with Crippen LogP contribution in [0.5, 0.6) is 0 Å². The van der Waals surface area contributed by atoms with Gasteiger partial charge in [-0.2, -0.15) is 0 Å². The zero-order valence-corrected chi connectivity index (χ0v) is 28.3. The minimum Gasteiger partial charge on any atom is -0.379 e. The van der Waals surface area contributed by atoms with Crippen LogP contribution in [-0.4, -0.2) is 164 Å². The van der Waals surface area contributed by atoms with Crippen LogP contribution in [0.1, 0.15) is 65.2 Å². The van der Waals surface area contributed by atoms with E-state index in [9.17, 15) is 0 Å². The highest BCUT2D eigenvalue weighted by molar-refractivity contribution is 4.83. The van der Waals surface area contributed by atoms with Gasteiger partial charge in [0.05, 0.1) is 13.2 Å². The van der Waals surface area contributed by atoms with Crippen molar-refractivity contribution in [2.45, 2.75) is 71.3 Å².